The first-order valence-electron chi connectivity index (χ1n) is 8.85. The van der Waals surface area contributed by atoms with Gasteiger partial charge in [0.05, 0.1) is 12.7 Å². The van der Waals surface area contributed by atoms with Crippen molar-refractivity contribution in [3.05, 3.63) is 23.8 Å². The molecule has 0 heterocycles. The molecule has 7 nitrogen and oxygen atoms in total. The maximum Gasteiger partial charge on any atom is 0.424 e. The van der Waals surface area contributed by atoms with Crippen molar-refractivity contribution in [3.8, 4) is 11.8 Å². The second-order valence-electron chi connectivity index (χ2n) is 7.90. The summed E-state index contributed by atoms with van der Waals surface area (Å²) in [5.41, 5.74) is -1.38. The van der Waals surface area contributed by atoms with E-state index in [-0.39, 0.29) is 22.9 Å². The molecular formula is C20H26N2O5. The summed E-state index contributed by atoms with van der Waals surface area (Å²) in [5, 5.41) is 9.48. The third-order valence-electron chi connectivity index (χ3n) is 4.76. The molecule has 2 rings (SSSR count). The Labute approximate surface area is 159 Å². The molecule has 2 unspecified atom stereocenters. The number of para-hydroxylation sites is 1. The monoisotopic (exact) mass is 374 g/mol. The lowest BCUT2D eigenvalue weighted by molar-refractivity contribution is -0.0760. The molecule has 0 aromatic heterocycles. The van der Waals surface area contributed by atoms with Gasteiger partial charge >= 0.3 is 12.2 Å². The molecule has 1 aliphatic carbocycles. The van der Waals surface area contributed by atoms with Gasteiger partial charge in [-0.05, 0) is 58.6 Å². The summed E-state index contributed by atoms with van der Waals surface area (Å²) in [6.07, 6.45) is -0.170. The fourth-order valence-corrected chi connectivity index (χ4v) is 2.81. The molecule has 146 valence electrons. The number of hydrogen-bond acceptors (Lipinski definition) is 6. The van der Waals surface area contributed by atoms with Gasteiger partial charge in [0.25, 0.3) is 0 Å². The summed E-state index contributed by atoms with van der Waals surface area (Å²) in [6.45, 7) is 8.89. The van der Waals surface area contributed by atoms with Crippen molar-refractivity contribution < 1.29 is 23.8 Å². The average molecular weight is 374 g/mol. The SMILES string of the molecule is COc1cccc(C#N)c1N(C(=O)OC(C)(C)C)C(=O)OC1(C)CCC1C. The number of ether oxygens (including phenoxy) is 3. The molecule has 2 atom stereocenters. The standard InChI is InChI=1S/C20H26N2O5/c1-13-10-11-20(13,5)27-18(24)22(17(23)26-19(2,3)4)16-14(12-21)8-7-9-15(16)25-6/h7-9,13H,10-11H2,1-6H3. The molecule has 0 spiro atoms. The van der Waals surface area contributed by atoms with Crippen LogP contribution >= 0.6 is 0 Å². The lowest BCUT2D eigenvalue weighted by Gasteiger charge is -2.44. The summed E-state index contributed by atoms with van der Waals surface area (Å²) in [6, 6.07) is 6.65. The minimum Gasteiger partial charge on any atom is -0.495 e. The minimum atomic E-state index is -0.927. The van der Waals surface area contributed by atoms with Crippen molar-refractivity contribution in [1.29, 1.82) is 5.26 Å². The van der Waals surface area contributed by atoms with Crippen molar-refractivity contribution in [2.24, 2.45) is 5.92 Å². The highest BCUT2D eigenvalue weighted by atomic mass is 16.6. The second-order valence-corrected chi connectivity index (χ2v) is 7.90. The number of amides is 2. The summed E-state index contributed by atoms with van der Waals surface area (Å²) in [7, 11) is 1.40. The third-order valence-corrected chi connectivity index (χ3v) is 4.76. The highest BCUT2D eigenvalue weighted by Crippen LogP contribution is 2.42. The zero-order valence-electron chi connectivity index (χ0n) is 16.7. The lowest BCUT2D eigenvalue weighted by atomic mass is 9.72. The van der Waals surface area contributed by atoms with Crippen molar-refractivity contribution in [2.75, 3.05) is 12.0 Å². The minimum absolute atomic E-state index is 0.0114. The fraction of sp³-hybridized carbons (Fsp3) is 0.550. The fourth-order valence-electron chi connectivity index (χ4n) is 2.81. The maximum absolute atomic E-state index is 13.0. The van der Waals surface area contributed by atoms with Gasteiger partial charge < -0.3 is 14.2 Å². The number of methoxy groups -OCH3 is 1. The van der Waals surface area contributed by atoms with E-state index in [0.29, 0.717) is 6.42 Å². The zero-order chi connectivity index (χ0) is 20.4. The Balaban J connectivity index is 2.50. The van der Waals surface area contributed by atoms with Crippen molar-refractivity contribution in [3.63, 3.8) is 0 Å². The van der Waals surface area contributed by atoms with Crippen LogP contribution in [0.25, 0.3) is 0 Å². The third kappa shape index (κ3) is 4.33. The summed E-state index contributed by atoms with van der Waals surface area (Å²) < 4.78 is 16.3. The Kier molecular flexibility index (Phi) is 5.69. The van der Waals surface area contributed by atoms with Gasteiger partial charge in [0.1, 0.15) is 28.7 Å². The van der Waals surface area contributed by atoms with E-state index in [4.69, 9.17) is 14.2 Å². The van der Waals surface area contributed by atoms with Crippen molar-refractivity contribution >= 4 is 17.9 Å². The van der Waals surface area contributed by atoms with Crippen LogP contribution in [0.5, 0.6) is 5.75 Å². The first-order valence-corrected chi connectivity index (χ1v) is 8.85. The first kappa shape index (κ1) is 20.6. The van der Waals surface area contributed by atoms with Gasteiger partial charge in [-0.3, -0.25) is 0 Å². The molecule has 1 fully saturated rings. The average Bonchev–Trinajstić information content (AvgIpc) is 2.58. The smallest absolute Gasteiger partial charge is 0.424 e. The number of benzene rings is 1. The van der Waals surface area contributed by atoms with Gasteiger partial charge in [0, 0.05) is 0 Å². The van der Waals surface area contributed by atoms with Crippen molar-refractivity contribution in [1.82, 2.24) is 0 Å². The van der Waals surface area contributed by atoms with Crippen LogP contribution in [0.4, 0.5) is 15.3 Å². The Hall–Kier alpha value is -2.75. The van der Waals surface area contributed by atoms with Gasteiger partial charge in [0.15, 0.2) is 0 Å². The van der Waals surface area contributed by atoms with Gasteiger partial charge in [-0.2, -0.15) is 10.2 Å². The van der Waals surface area contributed by atoms with Gasteiger partial charge in [-0.25, -0.2) is 9.59 Å². The van der Waals surface area contributed by atoms with E-state index in [1.54, 1.807) is 32.9 Å². The molecule has 1 saturated carbocycles. The number of imide groups is 1. The van der Waals surface area contributed by atoms with E-state index >= 15 is 0 Å². The number of nitriles is 1. The van der Waals surface area contributed by atoms with E-state index in [2.05, 4.69) is 0 Å². The van der Waals surface area contributed by atoms with Crippen LogP contribution in [0.2, 0.25) is 0 Å². The topological polar surface area (TPSA) is 88.9 Å². The second kappa shape index (κ2) is 7.47. The van der Waals surface area contributed by atoms with Crippen LogP contribution in [0.1, 0.15) is 53.0 Å². The number of rotatable bonds is 3. The molecule has 7 heteroatoms. The van der Waals surface area contributed by atoms with E-state index in [1.807, 2.05) is 19.9 Å². The Morgan fingerprint density at radius 1 is 1.30 bits per heavy atom. The van der Waals surface area contributed by atoms with Crippen LogP contribution in [0.3, 0.4) is 0 Å². The molecule has 0 N–H and O–H groups in total. The van der Waals surface area contributed by atoms with Gasteiger partial charge in [-0.15, -0.1) is 0 Å². The highest BCUT2D eigenvalue weighted by Gasteiger charge is 2.46. The molecular weight excluding hydrogens is 348 g/mol. The van der Waals surface area contributed by atoms with E-state index < -0.39 is 23.4 Å². The quantitative estimate of drug-likeness (QED) is 0.766. The normalized spacial score (nSPS) is 21.4. The largest absolute Gasteiger partial charge is 0.495 e. The Morgan fingerprint density at radius 2 is 1.96 bits per heavy atom. The number of carbonyl (C=O) groups is 2. The van der Waals surface area contributed by atoms with Crippen LogP contribution < -0.4 is 9.64 Å². The number of hydrogen-bond donors (Lipinski definition) is 0. The molecule has 0 saturated heterocycles. The molecule has 1 aromatic carbocycles. The van der Waals surface area contributed by atoms with Crippen LogP contribution in [-0.4, -0.2) is 30.5 Å². The van der Waals surface area contributed by atoms with Crippen molar-refractivity contribution in [2.45, 2.75) is 58.7 Å². The predicted octanol–water partition coefficient (Wildman–Crippen LogP) is 4.63. The molecule has 2 amide bonds. The highest BCUT2D eigenvalue weighted by molar-refractivity contribution is 6.11. The van der Waals surface area contributed by atoms with E-state index in [9.17, 15) is 14.9 Å². The van der Waals surface area contributed by atoms with Crippen LogP contribution in [-0.2, 0) is 9.47 Å². The molecule has 0 bridgehead atoms. The van der Waals surface area contributed by atoms with Gasteiger partial charge in [-0.1, -0.05) is 13.0 Å². The van der Waals surface area contributed by atoms with Crippen LogP contribution in [0, 0.1) is 17.2 Å². The number of nitrogens with zero attached hydrogens (tertiary/aromatic N) is 2. The molecule has 1 aromatic rings. The van der Waals surface area contributed by atoms with Gasteiger partial charge in [0.2, 0.25) is 0 Å². The van der Waals surface area contributed by atoms with E-state index in [0.717, 1.165) is 11.3 Å². The maximum atomic E-state index is 13.0. The Morgan fingerprint density at radius 3 is 2.41 bits per heavy atom. The predicted molar refractivity (Wildman–Crippen MR) is 99.7 cm³/mol. The molecule has 1 aliphatic rings. The Bertz CT molecular complexity index is 778. The summed E-state index contributed by atoms with van der Waals surface area (Å²) in [5.74, 6) is 0.374. The lowest BCUT2D eigenvalue weighted by Crippen LogP contribution is -2.51. The molecule has 0 aliphatic heterocycles. The zero-order valence-corrected chi connectivity index (χ0v) is 16.7. The number of anilines is 1. The van der Waals surface area contributed by atoms with E-state index in [1.165, 1.54) is 13.2 Å². The molecule has 0 radical (unpaired) electrons. The summed E-state index contributed by atoms with van der Waals surface area (Å²) in [4.78, 5) is 26.6. The summed E-state index contributed by atoms with van der Waals surface area (Å²) >= 11 is 0. The number of carbonyl (C=O) groups excluding carboxylic acids is 2. The first-order chi connectivity index (χ1) is 12.5. The molecule has 27 heavy (non-hydrogen) atoms. The van der Waals surface area contributed by atoms with Crippen LogP contribution in [0.15, 0.2) is 18.2 Å².